The summed E-state index contributed by atoms with van der Waals surface area (Å²) in [6, 6.07) is 6.38. The van der Waals surface area contributed by atoms with Crippen molar-refractivity contribution < 1.29 is 17.9 Å². The van der Waals surface area contributed by atoms with E-state index < -0.39 is 15.6 Å². The Hall–Kier alpha value is -0.860. The lowest BCUT2D eigenvalue weighted by Gasteiger charge is -2.28. The van der Waals surface area contributed by atoms with Gasteiger partial charge in [0.1, 0.15) is 12.4 Å². The van der Waals surface area contributed by atoms with Crippen LogP contribution in [0.2, 0.25) is 0 Å². The summed E-state index contributed by atoms with van der Waals surface area (Å²) < 4.78 is 37.9. The first-order valence-electron chi connectivity index (χ1n) is 8.46. The molecule has 1 aromatic rings. The van der Waals surface area contributed by atoms with Crippen LogP contribution >= 0.6 is 12.4 Å². The number of hydrogen-bond donors (Lipinski definition) is 2. The first kappa shape index (κ1) is 22.2. The van der Waals surface area contributed by atoms with Gasteiger partial charge in [0.05, 0.1) is 11.5 Å². The summed E-state index contributed by atoms with van der Waals surface area (Å²) >= 11 is 0. The molecule has 1 saturated carbocycles. The van der Waals surface area contributed by atoms with E-state index in [9.17, 15) is 8.42 Å². The highest BCUT2D eigenvalue weighted by molar-refractivity contribution is 7.89. The maximum atomic E-state index is 12.4. The molecule has 25 heavy (non-hydrogen) atoms. The summed E-state index contributed by atoms with van der Waals surface area (Å²) in [7, 11) is -1.96. The highest BCUT2D eigenvalue weighted by atomic mass is 35.5. The Bertz CT molecular complexity index is 600. The minimum absolute atomic E-state index is 0. The van der Waals surface area contributed by atoms with Crippen molar-refractivity contribution in [3.8, 4) is 5.75 Å². The van der Waals surface area contributed by atoms with E-state index in [0.717, 1.165) is 25.7 Å². The maximum Gasteiger partial charge on any atom is 0.240 e. The molecule has 2 rings (SSSR count). The van der Waals surface area contributed by atoms with Gasteiger partial charge in [-0.2, -0.15) is 0 Å². The maximum absolute atomic E-state index is 12.4. The van der Waals surface area contributed by atoms with Crippen LogP contribution in [-0.4, -0.2) is 40.8 Å². The standard InChI is InChI=1S/C17H28N2O4S.ClH/c1-22-12-13-23-15-6-8-16(9-7-15)24(20,21)19-14-17(18)10-4-2-3-5-11-17;/h6-9,19H,2-5,10-14,18H2,1H3;1H. The molecule has 1 aromatic carbocycles. The molecule has 0 aromatic heterocycles. The molecule has 0 unspecified atom stereocenters. The van der Waals surface area contributed by atoms with Crippen LogP contribution in [0.3, 0.4) is 0 Å². The molecule has 3 N–H and O–H groups in total. The molecule has 0 bridgehead atoms. The number of benzene rings is 1. The van der Waals surface area contributed by atoms with Crippen molar-refractivity contribution in [1.82, 2.24) is 4.72 Å². The average Bonchev–Trinajstić information content (AvgIpc) is 2.79. The van der Waals surface area contributed by atoms with Crippen LogP contribution in [0.4, 0.5) is 0 Å². The second kappa shape index (κ2) is 10.3. The third-order valence-corrected chi connectivity index (χ3v) is 5.82. The van der Waals surface area contributed by atoms with Gasteiger partial charge in [0.15, 0.2) is 0 Å². The molecule has 0 amide bonds. The molecule has 0 heterocycles. The van der Waals surface area contributed by atoms with Crippen molar-refractivity contribution in [2.75, 3.05) is 26.9 Å². The molecule has 1 aliphatic carbocycles. The SMILES string of the molecule is COCCOc1ccc(S(=O)(=O)NCC2(N)CCCCCC2)cc1.Cl. The summed E-state index contributed by atoms with van der Waals surface area (Å²) in [6.45, 7) is 1.19. The molecule has 144 valence electrons. The van der Waals surface area contributed by atoms with Crippen LogP contribution in [0.1, 0.15) is 38.5 Å². The highest BCUT2D eigenvalue weighted by Crippen LogP contribution is 2.25. The fourth-order valence-electron chi connectivity index (χ4n) is 2.89. The Morgan fingerprint density at radius 3 is 2.24 bits per heavy atom. The number of ether oxygens (including phenoxy) is 2. The molecule has 1 aliphatic rings. The monoisotopic (exact) mass is 392 g/mol. The molecular formula is C17H29ClN2O4S. The van der Waals surface area contributed by atoms with Gasteiger partial charge in [-0.05, 0) is 37.1 Å². The Morgan fingerprint density at radius 2 is 1.68 bits per heavy atom. The lowest BCUT2D eigenvalue weighted by atomic mass is 9.92. The minimum Gasteiger partial charge on any atom is -0.491 e. The molecule has 0 radical (unpaired) electrons. The number of rotatable bonds is 8. The smallest absolute Gasteiger partial charge is 0.240 e. The lowest BCUT2D eigenvalue weighted by molar-refractivity contribution is 0.146. The quantitative estimate of drug-likeness (QED) is 0.523. The van der Waals surface area contributed by atoms with Crippen molar-refractivity contribution >= 4 is 22.4 Å². The largest absolute Gasteiger partial charge is 0.491 e. The second-order valence-corrected chi connectivity index (χ2v) is 8.18. The van der Waals surface area contributed by atoms with Gasteiger partial charge in [-0.15, -0.1) is 12.4 Å². The average molecular weight is 393 g/mol. The molecule has 0 aliphatic heterocycles. The third kappa shape index (κ3) is 7.11. The van der Waals surface area contributed by atoms with Crippen LogP contribution in [0.5, 0.6) is 5.75 Å². The van der Waals surface area contributed by atoms with Crippen molar-refractivity contribution in [3.63, 3.8) is 0 Å². The number of nitrogens with two attached hydrogens (primary N) is 1. The number of methoxy groups -OCH3 is 1. The van der Waals surface area contributed by atoms with E-state index in [-0.39, 0.29) is 23.8 Å². The van der Waals surface area contributed by atoms with Gasteiger partial charge in [0.25, 0.3) is 0 Å². The van der Waals surface area contributed by atoms with Crippen LogP contribution < -0.4 is 15.2 Å². The van der Waals surface area contributed by atoms with Crippen molar-refractivity contribution in [2.24, 2.45) is 5.73 Å². The topological polar surface area (TPSA) is 90.6 Å². The summed E-state index contributed by atoms with van der Waals surface area (Å²) in [5.41, 5.74) is 5.94. The third-order valence-electron chi connectivity index (χ3n) is 4.40. The van der Waals surface area contributed by atoms with E-state index in [1.54, 1.807) is 31.4 Å². The second-order valence-electron chi connectivity index (χ2n) is 6.41. The molecular weight excluding hydrogens is 364 g/mol. The van der Waals surface area contributed by atoms with E-state index in [4.69, 9.17) is 15.2 Å². The van der Waals surface area contributed by atoms with Crippen molar-refractivity contribution in [1.29, 1.82) is 0 Å². The van der Waals surface area contributed by atoms with E-state index in [1.165, 1.54) is 12.8 Å². The van der Waals surface area contributed by atoms with E-state index in [2.05, 4.69) is 4.72 Å². The summed E-state index contributed by atoms with van der Waals surface area (Å²) in [5.74, 6) is 0.616. The molecule has 0 atom stereocenters. The first-order valence-corrected chi connectivity index (χ1v) is 9.94. The van der Waals surface area contributed by atoms with Crippen LogP contribution in [0.25, 0.3) is 0 Å². The first-order chi connectivity index (χ1) is 11.5. The van der Waals surface area contributed by atoms with Gasteiger partial charge in [-0.1, -0.05) is 25.7 Å². The molecule has 6 nitrogen and oxygen atoms in total. The zero-order valence-corrected chi connectivity index (χ0v) is 16.3. The van der Waals surface area contributed by atoms with Gasteiger partial charge >= 0.3 is 0 Å². The normalized spacial score (nSPS) is 17.4. The minimum atomic E-state index is -3.56. The van der Waals surface area contributed by atoms with Crippen LogP contribution in [-0.2, 0) is 14.8 Å². The number of nitrogens with one attached hydrogen (secondary N) is 1. The van der Waals surface area contributed by atoms with Gasteiger partial charge in [0.2, 0.25) is 10.0 Å². The number of sulfonamides is 1. The number of hydrogen-bond acceptors (Lipinski definition) is 5. The zero-order valence-electron chi connectivity index (χ0n) is 14.7. The number of halogens is 1. The Kier molecular flexibility index (Phi) is 9.16. The molecule has 0 saturated heterocycles. The van der Waals surface area contributed by atoms with E-state index >= 15 is 0 Å². The summed E-state index contributed by atoms with van der Waals surface area (Å²) in [6.07, 6.45) is 6.20. The Morgan fingerprint density at radius 1 is 1.08 bits per heavy atom. The van der Waals surface area contributed by atoms with E-state index in [0.29, 0.717) is 19.0 Å². The summed E-state index contributed by atoms with van der Waals surface area (Å²) in [4.78, 5) is 0.221. The van der Waals surface area contributed by atoms with Crippen molar-refractivity contribution in [2.45, 2.75) is 49.0 Å². The fraction of sp³-hybridized carbons (Fsp3) is 0.647. The molecule has 0 spiro atoms. The molecule has 1 fully saturated rings. The van der Waals surface area contributed by atoms with Gasteiger partial charge in [-0.25, -0.2) is 13.1 Å². The van der Waals surface area contributed by atoms with Gasteiger partial charge in [-0.3, -0.25) is 0 Å². The van der Waals surface area contributed by atoms with E-state index in [1.807, 2.05) is 0 Å². The predicted molar refractivity (Wildman–Crippen MR) is 101 cm³/mol. The Balaban J connectivity index is 0.00000312. The summed E-state index contributed by atoms with van der Waals surface area (Å²) in [5, 5.41) is 0. The lowest BCUT2D eigenvalue weighted by Crippen LogP contribution is -2.49. The Labute approximate surface area is 156 Å². The highest BCUT2D eigenvalue weighted by Gasteiger charge is 2.28. The predicted octanol–water partition coefficient (Wildman–Crippen LogP) is 2.46. The van der Waals surface area contributed by atoms with Gasteiger partial charge in [0, 0.05) is 19.2 Å². The molecule has 8 heteroatoms. The fourth-order valence-corrected chi connectivity index (χ4v) is 4.03. The zero-order chi connectivity index (χ0) is 17.5. The van der Waals surface area contributed by atoms with Gasteiger partial charge < -0.3 is 15.2 Å². The van der Waals surface area contributed by atoms with Crippen LogP contribution in [0.15, 0.2) is 29.2 Å². The van der Waals surface area contributed by atoms with Crippen LogP contribution in [0, 0.1) is 0 Å². The van der Waals surface area contributed by atoms with Crippen molar-refractivity contribution in [3.05, 3.63) is 24.3 Å².